The monoisotopic (exact) mass is 408 g/mol. The summed E-state index contributed by atoms with van der Waals surface area (Å²) in [6, 6.07) is 7.37. The van der Waals surface area contributed by atoms with Gasteiger partial charge in [-0.15, -0.1) is 0 Å². The molecule has 9 nitrogen and oxygen atoms in total. The smallest absolute Gasteiger partial charge is 0.410 e. The van der Waals surface area contributed by atoms with Gasteiger partial charge in [-0.3, -0.25) is 4.90 Å². The third-order valence-electron chi connectivity index (χ3n) is 4.36. The van der Waals surface area contributed by atoms with Crippen molar-refractivity contribution in [3.8, 4) is 0 Å². The largest absolute Gasteiger partial charge is 0.467 e. The lowest BCUT2D eigenvalue weighted by atomic mass is 10.0. The number of benzene rings is 1. The molecule has 0 aliphatic carbocycles. The maximum absolute atomic E-state index is 12.6. The summed E-state index contributed by atoms with van der Waals surface area (Å²) in [7, 11) is 1.13. The zero-order valence-corrected chi connectivity index (χ0v) is 17.1. The first-order valence-corrected chi connectivity index (χ1v) is 9.35. The summed E-state index contributed by atoms with van der Waals surface area (Å²) in [5.41, 5.74) is 0.0847. The Bertz CT molecular complexity index is 717. The fourth-order valence-electron chi connectivity index (χ4n) is 3.10. The van der Waals surface area contributed by atoms with E-state index in [0.717, 1.165) is 12.7 Å². The number of amides is 2. The second kappa shape index (κ2) is 9.60. The molecule has 1 heterocycles. The molecule has 0 saturated carbocycles. The number of methoxy groups -OCH3 is 1. The van der Waals surface area contributed by atoms with Crippen LogP contribution < -0.4 is 5.32 Å². The third kappa shape index (κ3) is 6.35. The number of likely N-dealkylation sites (tertiary alicyclic amines) is 1. The predicted molar refractivity (Wildman–Crippen MR) is 103 cm³/mol. The molecule has 1 fully saturated rings. The van der Waals surface area contributed by atoms with Gasteiger partial charge in [-0.05, 0) is 32.8 Å². The molecule has 29 heavy (non-hydrogen) atoms. The van der Waals surface area contributed by atoms with Crippen molar-refractivity contribution in [2.24, 2.45) is 0 Å². The van der Waals surface area contributed by atoms with E-state index in [4.69, 9.17) is 9.47 Å². The van der Waals surface area contributed by atoms with Gasteiger partial charge in [0.05, 0.1) is 19.2 Å². The number of carbonyl (C=O) groups excluding carboxylic acids is 3. The lowest BCUT2D eigenvalue weighted by Crippen LogP contribution is -2.55. The average Bonchev–Trinajstić information content (AvgIpc) is 3.07. The van der Waals surface area contributed by atoms with E-state index in [0.29, 0.717) is 6.42 Å². The molecule has 2 rings (SSSR count). The zero-order chi connectivity index (χ0) is 21.6. The van der Waals surface area contributed by atoms with Gasteiger partial charge in [0.15, 0.2) is 6.10 Å². The van der Waals surface area contributed by atoms with E-state index in [2.05, 4.69) is 10.1 Å². The molecule has 9 heteroatoms. The number of nitrogens with zero attached hydrogens (tertiary/aromatic N) is 1. The second-order valence-electron chi connectivity index (χ2n) is 7.73. The highest BCUT2D eigenvalue weighted by Crippen LogP contribution is 2.24. The maximum Gasteiger partial charge on any atom is 0.410 e. The Hall–Kier alpha value is -2.81. The lowest BCUT2D eigenvalue weighted by Gasteiger charge is -2.31. The van der Waals surface area contributed by atoms with Crippen LogP contribution in [0.4, 0.5) is 9.59 Å². The molecule has 0 bridgehead atoms. The number of rotatable bonds is 5. The summed E-state index contributed by atoms with van der Waals surface area (Å²) in [5, 5.41) is 13.0. The highest BCUT2D eigenvalue weighted by molar-refractivity contribution is 5.78. The highest BCUT2D eigenvalue weighted by Gasteiger charge is 2.46. The molecular formula is C20H28N2O7. The second-order valence-corrected chi connectivity index (χ2v) is 7.73. The number of hydrogen-bond donors (Lipinski definition) is 2. The topological polar surface area (TPSA) is 114 Å². The standard InChI is InChI=1S/C20H28N2O7/c1-20(2,3)29-18(25)21-14-10-11-22(15(14)16(23)17(24)27-4)19(26)28-12-13-8-6-5-7-9-13/h5-9,14-16,23H,10-12H2,1-4H3,(H,21,25). The van der Waals surface area contributed by atoms with Crippen molar-refractivity contribution >= 4 is 18.2 Å². The SMILES string of the molecule is COC(=O)C(O)C1C(NC(=O)OC(C)(C)C)CCN1C(=O)OCc1ccccc1. The molecule has 2 N–H and O–H groups in total. The van der Waals surface area contributed by atoms with E-state index in [9.17, 15) is 19.5 Å². The molecule has 3 unspecified atom stereocenters. The van der Waals surface area contributed by atoms with Crippen molar-refractivity contribution < 1.29 is 33.7 Å². The Morgan fingerprint density at radius 2 is 1.90 bits per heavy atom. The van der Waals surface area contributed by atoms with Crippen molar-refractivity contribution in [3.63, 3.8) is 0 Å². The van der Waals surface area contributed by atoms with Crippen molar-refractivity contribution in [2.45, 2.75) is 57.6 Å². The fraction of sp³-hybridized carbons (Fsp3) is 0.550. The molecular weight excluding hydrogens is 380 g/mol. The first kappa shape index (κ1) is 22.5. The fourth-order valence-corrected chi connectivity index (χ4v) is 3.10. The number of aliphatic hydroxyl groups excluding tert-OH is 1. The first-order valence-electron chi connectivity index (χ1n) is 9.35. The summed E-state index contributed by atoms with van der Waals surface area (Å²) in [4.78, 5) is 37.9. The summed E-state index contributed by atoms with van der Waals surface area (Å²) >= 11 is 0. The molecule has 160 valence electrons. The van der Waals surface area contributed by atoms with Crippen LogP contribution in [-0.2, 0) is 25.6 Å². The molecule has 0 spiro atoms. The predicted octanol–water partition coefficient (Wildman–Crippen LogP) is 1.82. The molecule has 1 saturated heterocycles. The van der Waals surface area contributed by atoms with Gasteiger partial charge in [0.25, 0.3) is 0 Å². The molecule has 0 aromatic heterocycles. The minimum Gasteiger partial charge on any atom is -0.467 e. The minimum atomic E-state index is -1.65. The normalized spacial score (nSPS) is 20.0. The van der Waals surface area contributed by atoms with E-state index in [-0.39, 0.29) is 13.2 Å². The summed E-state index contributed by atoms with van der Waals surface area (Å²) in [6.07, 6.45) is -2.73. The third-order valence-corrected chi connectivity index (χ3v) is 4.36. The van der Waals surface area contributed by atoms with Crippen molar-refractivity contribution in [2.75, 3.05) is 13.7 Å². The Morgan fingerprint density at radius 3 is 2.48 bits per heavy atom. The Balaban J connectivity index is 2.10. The number of alkyl carbamates (subject to hydrolysis) is 1. The van der Waals surface area contributed by atoms with Gasteiger partial charge < -0.3 is 24.6 Å². The lowest BCUT2D eigenvalue weighted by molar-refractivity contribution is -0.153. The van der Waals surface area contributed by atoms with Gasteiger partial charge in [-0.1, -0.05) is 30.3 Å². The van der Waals surface area contributed by atoms with Crippen LogP contribution >= 0.6 is 0 Å². The van der Waals surface area contributed by atoms with Crippen LogP contribution in [-0.4, -0.2) is 65.6 Å². The number of nitrogens with one attached hydrogen (secondary N) is 1. The molecule has 1 aliphatic heterocycles. The number of carbonyl (C=O) groups is 3. The molecule has 1 aliphatic rings. The van der Waals surface area contributed by atoms with Gasteiger partial charge in [0.1, 0.15) is 12.2 Å². The van der Waals surface area contributed by atoms with E-state index in [1.54, 1.807) is 20.8 Å². The van der Waals surface area contributed by atoms with Crippen molar-refractivity contribution in [1.29, 1.82) is 0 Å². The number of ether oxygens (including phenoxy) is 3. The van der Waals surface area contributed by atoms with Crippen molar-refractivity contribution in [3.05, 3.63) is 35.9 Å². The van der Waals surface area contributed by atoms with E-state index >= 15 is 0 Å². The van der Waals surface area contributed by atoms with Gasteiger partial charge >= 0.3 is 18.2 Å². The number of hydrogen-bond acceptors (Lipinski definition) is 7. The molecule has 0 radical (unpaired) electrons. The van der Waals surface area contributed by atoms with Crippen LogP contribution in [0.5, 0.6) is 0 Å². The van der Waals surface area contributed by atoms with Crippen molar-refractivity contribution in [1.82, 2.24) is 10.2 Å². The van der Waals surface area contributed by atoms with Gasteiger partial charge in [0.2, 0.25) is 0 Å². The van der Waals surface area contributed by atoms with Crippen LogP contribution in [0.1, 0.15) is 32.8 Å². The van der Waals surface area contributed by atoms with E-state index in [1.807, 2.05) is 30.3 Å². The Morgan fingerprint density at radius 1 is 1.24 bits per heavy atom. The van der Waals surface area contributed by atoms with Gasteiger partial charge in [0, 0.05) is 6.54 Å². The molecule has 1 aromatic rings. The van der Waals surface area contributed by atoms with Crippen LogP contribution in [0.15, 0.2) is 30.3 Å². The number of aliphatic hydroxyl groups is 1. The summed E-state index contributed by atoms with van der Waals surface area (Å²) in [6.45, 7) is 5.38. The quantitative estimate of drug-likeness (QED) is 0.564. The van der Waals surface area contributed by atoms with Crippen LogP contribution in [0.2, 0.25) is 0 Å². The van der Waals surface area contributed by atoms with Gasteiger partial charge in [-0.25, -0.2) is 14.4 Å². The van der Waals surface area contributed by atoms with Crippen LogP contribution in [0, 0.1) is 0 Å². The number of esters is 1. The zero-order valence-electron chi connectivity index (χ0n) is 17.1. The Kier molecular flexibility index (Phi) is 7.44. The highest BCUT2D eigenvalue weighted by atomic mass is 16.6. The average molecular weight is 408 g/mol. The van der Waals surface area contributed by atoms with E-state index < -0.39 is 41.9 Å². The molecule has 3 atom stereocenters. The summed E-state index contributed by atoms with van der Waals surface area (Å²) in [5.74, 6) is -0.909. The van der Waals surface area contributed by atoms with Crippen LogP contribution in [0.25, 0.3) is 0 Å². The van der Waals surface area contributed by atoms with Crippen LogP contribution in [0.3, 0.4) is 0 Å². The molecule has 1 aromatic carbocycles. The summed E-state index contributed by atoms with van der Waals surface area (Å²) < 4.78 is 15.2. The Labute approximate surface area is 169 Å². The van der Waals surface area contributed by atoms with Gasteiger partial charge in [-0.2, -0.15) is 0 Å². The minimum absolute atomic E-state index is 0.0430. The first-order chi connectivity index (χ1) is 13.6. The molecule has 2 amide bonds. The maximum atomic E-state index is 12.6. The van der Waals surface area contributed by atoms with E-state index in [1.165, 1.54) is 4.90 Å².